The fourth-order valence-corrected chi connectivity index (χ4v) is 1.88. The summed E-state index contributed by atoms with van der Waals surface area (Å²) in [6, 6.07) is 0. The lowest BCUT2D eigenvalue weighted by Gasteiger charge is -2.18. The van der Waals surface area contributed by atoms with Crippen molar-refractivity contribution >= 4 is 23.8 Å². The van der Waals surface area contributed by atoms with E-state index in [4.69, 9.17) is 11.5 Å². The van der Waals surface area contributed by atoms with Crippen LogP contribution in [-0.2, 0) is 4.79 Å². The summed E-state index contributed by atoms with van der Waals surface area (Å²) in [5, 5.41) is 0. The van der Waals surface area contributed by atoms with Crippen molar-refractivity contribution in [2.24, 2.45) is 11.7 Å². The van der Waals surface area contributed by atoms with E-state index < -0.39 is 0 Å². The average molecular weight is 251 g/mol. The van der Waals surface area contributed by atoms with E-state index in [-0.39, 0.29) is 17.8 Å². The summed E-state index contributed by atoms with van der Waals surface area (Å²) in [7, 11) is 3.66. The Morgan fingerprint density at radius 1 is 1.39 bits per heavy atom. The number of rotatable bonds is 3. The van der Waals surface area contributed by atoms with Crippen LogP contribution in [0.3, 0.4) is 0 Å². The van der Waals surface area contributed by atoms with E-state index in [1.807, 2.05) is 19.0 Å². The predicted octanol–water partition coefficient (Wildman–Crippen LogP) is -1.17. The van der Waals surface area contributed by atoms with Gasteiger partial charge in [-0.2, -0.15) is 15.0 Å². The van der Waals surface area contributed by atoms with Gasteiger partial charge in [0.1, 0.15) is 0 Å². The van der Waals surface area contributed by atoms with Gasteiger partial charge in [0.05, 0.1) is 5.92 Å². The molecular formula is C10H17N7O. The number of primary amides is 1. The predicted molar refractivity (Wildman–Crippen MR) is 68.1 cm³/mol. The number of aromatic nitrogens is 3. The first-order chi connectivity index (χ1) is 8.47. The van der Waals surface area contributed by atoms with Crippen LogP contribution >= 0.6 is 0 Å². The van der Waals surface area contributed by atoms with Crippen molar-refractivity contribution in [1.29, 1.82) is 0 Å². The molecule has 0 bridgehead atoms. The number of nitrogens with zero attached hydrogens (tertiary/aromatic N) is 5. The Morgan fingerprint density at radius 2 is 2.11 bits per heavy atom. The van der Waals surface area contributed by atoms with Crippen molar-refractivity contribution in [1.82, 2.24) is 15.0 Å². The van der Waals surface area contributed by atoms with E-state index in [0.717, 1.165) is 6.42 Å². The van der Waals surface area contributed by atoms with Crippen LogP contribution in [-0.4, -0.2) is 48.0 Å². The normalized spacial score (nSPS) is 19.0. The summed E-state index contributed by atoms with van der Waals surface area (Å²) in [5.74, 6) is 0.736. The molecule has 1 fully saturated rings. The van der Waals surface area contributed by atoms with Crippen LogP contribution in [0.4, 0.5) is 17.8 Å². The van der Waals surface area contributed by atoms with Gasteiger partial charge in [0.2, 0.25) is 23.8 Å². The van der Waals surface area contributed by atoms with Crippen LogP contribution in [0.25, 0.3) is 0 Å². The second-order valence-electron chi connectivity index (χ2n) is 4.52. The van der Waals surface area contributed by atoms with Crippen molar-refractivity contribution in [3.63, 3.8) is 0 Å². The number of hydrogen-bond donors (Lipinski definition) is 2. The third kappa shape index (κ3) is 2.41. The summed E-state index contributed by atoms with van der Waals surface area (Å²) >= 11 is 0. The number of amides is 1. The molecule has 2 rings (SSSR count). The monoisotopic (exact) mass is 251 g/mol. The molecule has 1 aromatic heterocycles. The molecule has 1 saturated heterocycles. The summed E-state index contributed by atoms with van der Waals surface area (Å²) in [5.41, 5.74) is 10.9. The Labute approximate surface area is 105 Å². The van der Waals surface area contributed by atoms with Gasteiger partial charge in [-0.25, -0.2) is 0 Å². The molecule has 0 radical (unpaired) electrons. The molecule has 1 aromatic rings. The quantitative estimate of drug-likeness (QED) is 0.695. The molecule has 2 heterocycles. The highest BCUT2D eigenvalue weighted by molar-refractivity contribution is 5.78. The van der Waals surface area contributed by atoms with E-state index in [1.165, 1.54) is 0 Å². The molecule has 1 aliphatic heterocycles. The second-order valence-corrected chi connectivity index (χ2v) is 4.52. The lowest BCUT2D eigenvalue weighted by molar-refractivity contribution is -0.121. The van der Waals surface area contributed by atoms with E-state index in [2.05, 4.69) is 15.0 Å². The number of nitrogens with two attached hydrogens (primary N) is 2. The molecule has 1 amide bonds. The van der Waals surface area contributed by atoms with Crippen LogP contribution in [0.15, 0.2) is 0 Å². The highest BCUT2D eigenvalue weighted by Crippen LogP contribution is 2.22. The number of carbonyl (C=O) groups is 1. The molecule has 8 heteroatoms. The third-order valence-electron chi connectivity index (χ3n) is 2.90. The van der Waals surface area contributed by atoms with Gasteiger partial charge in [-0.1, -0.05) is 0 Å². The fraction of sp³-hybridized carbons (Fsp3) is 0.600. The van der Waals surface area contributed by atoms with Gasteiger partial charge in [-0.15, -0.1) is 0 Å². The fourth-order valence-electron chi connectivity index (χ4n) is 1.88. The molecule has 0 spiro atoms. The zero-order valence-electron chi connectivity index (χ0n) is 10.5. The topological polar surface area (TPSA) is 114 Å². The maximum Gasteiger partial charge on any atom is 0.231 e. The molecule has 8 nitrogen and oxygen atoms in total. The van der Waals surface area contributed by atoms with Gasteiger partial charge in [-0.3, -0.25) is 4.79 Å². The summed E-state index contributed by atoms with van der Waals surface area (Å²) in [6.07, 6.45) is 0.720. The van der Waals surface area contributed by atoms with Gasteiger partial charge in [0.25, 0.3) is 0 Å². The van der Waals surface area contributed by atoms with E-state index in [0.29, 0.717) is 25.0 Å². The summed E-state index contributed by atoms with van der Waals surface area (Å²) < 4.78 is 0. The van der Waals surface area contributed by atoms with E-state index in [9.17, 15) is 4.79 Å². The van der Waals surface area contributed by atoms with Crippen LogP contribution < -0.4 is 21.3 Å². The Balaban J connectivity index is 2.21. The van der Waals surface area contributed by atoms with Gasteiger partial charge >= 0.3 is 0 Å². The molecule has 0 aliphatic carbocycles. The molecule has 98 valence electrons. The molecule has 4 N–H and O–H groups in total. The van der Waals surface area contributed by atoms with Gasteiger partial charge in [0.15, 0.2) is 0 Å². The minimum atomic E-state index is -0.285. The number of hydrogen-bond acceptors (Lipinski definition) is 7. The Hall–Kier alpha value is -2.12. The highest BCUT2D eigenvalue weighted by Gasteiger charge is 2.28. The summed E-state index contributed by atoms with van der Waals surface area (Å²) in [4.78, 5) is 27.2. The number of nitrogen functional groups attached to an aromatic ring is 1. The molecule has 18 heavy (non-hydrogen) atoms. The van der Waals surface area contributed by atoms with Crippen LogP contribution in [0.5, 0.6) is 0 Å². The first-order valence-electron chi connectivity index (χ1n) is 5.70. The number of anilines is 3. The first kappa shape index (κ1) is 12.3. The van der Waals surface area contributed by atoms with Gasteiger partial charge in [0, 0.05) is 27.2 Å². The Kier molecular flexibility index (Phi) is 3.17. The van der Waals surface area contributed by atoms with E-state index >= 15 is 0 Å². The van der Waals surface area contributed by atoms with Crippen LogP contribution in [0.2, 0.25) is 0 Å². The minimum absolute atomic E-state index is 0.147. The second kappa shape index (κ2) is 4.63. The molecule has 0 saturated carbocycles. The standard InChI is InChI=1S/C10H17N7O/c1-16(2)9-13-8(12)14-10(15-9)17-4-3-6(5-17)7(11)18/h6H,3-5H2,1-2H3,(H2,11,18)(H2,12,13,14,15). The maximum absolute atomic E-state index is 11.1. The Bertz CT molecular complexity index is 462. The molecular weight excluding hydrogens is 234 g/mol. The minimum Gasteiger partial charge on any atom is -0.369 e. The number of carbonyl (C=O) groups excluding carboxylic acids is 1. The SMILES string of the molecule is CN(C)c1nc(N)nc(N2CCC(C(N)=O)C2)n1. The molecule has 1 atom stereocenters. The smallest absolute Gasteiger partial charge is 0.231 e. The molecule has 0 aromatic carbocycles. The van der Waals surface area contributed by atoms with E-state index in [1.54, 1.807) is 4.90 Å². The Morgan fingerprint density at radius 3 is 2.67 bits per heavy atom. The largest absolute Gasteiger partial charge is 0.369 e. The van der Waals surface area contributed by atoms with Gasteiger partial charge < -0.3 is 21.3 Å². The zero-order chi connectivity index (χ0) is 13.3. The highest BCUT2D eigenvalue weighted by atomic mass is 16.1. The lowest BCUT2D eigenvalue weighted by atomic mass is 10.1. The zero-order valence-corrected chi connectivity index (χ0v) is 10.5. The lowest BCUT2D eigenvalue weighted by Crippen LogP contribution is -2.29. The third-order valence-corrected chi connectivity index (χ3v) is 2.90. The average Bonchev–Trinajstić information content (AvgIpc) is 2.77. The summed E-state index contributed by atoms with van der Waals surface area (Å²) in [6.45, 7) is 1.23. The van der Waals surface area contributed by atoms with Gasteiger partial charge in [-0.05, 0) is 6.42 Å². The van der Waals surface area contributed by atoms with Crippen LogP contribution in [0.1, 0.15) is 6.42 Å². The first-order valence-corrected chi connectivity index (χ1v) is 5.70. The van der Waals surface area contributed by atoms with Crippen molar-refractivity contribution in [3.05, 3.63) is 0 Å². The molecule has 1 aliphatic rings. The van der Waals surface area contributed by atoms with Crippen molar-refractivity contribution in [2.45, 2.75) is 6.42 Å². The molecule has 1 unspecified atom stereocenters. The van der Waals surface area contributed by atoms with Crippen LogP contribution in [0, 0.1) is 5.92 Å². The van der Waals surface area contributed by atoms with Crippen molar-refractivity contribution < 1.29 is 4.79 Å². The van der Waals surface area contributed by atoms with Crippen molar-refractivity contribution in [2.75, 3.05) is 42.7 Å². The maximum atomic E-state index is 11.1. The van der Waals surface area contributed by atoms with Crippen molar-refractivity contribution in [3.8, 4) is 0 Å².